The van der Waals surface area contributed by atoms with E-state index in [9.17, 15) is 8.78 Å². The van der Waals surface area contributed by atoms with Crippen molar-refractivity contribution in [2.45, 2.75) is 32.4 Å². The molecule has 21 heavy (non-hydrogen) atoms. The fourth-order valence-electron chi connectivity index (χ4n) is 2.71. The summed E-state index contributed by atoms with van der Waals surface area (Å²) < 4.78 is 28.6. The Hall–Kier alpha value is -0.910. The molecule has 2 N–H and O–H groups in total. The second kappa shape index (κ2) is 8.51. The number of hydrogen-bond donors (Lipinski definition) is 1. The zero-order valence-electron chi connectivity index (χ0n) is 12.2. The van der Waals surface area contributed by atoms with Gasteiger partial charge in [0.2, 0.25) is 0 Å². The Balaban J connectivity index is 0.00000220. The number of likely N-dealkylation sites (tertiary alicyclic amines) is 1. The Morgan fingerprint density at radius 1 is 1.24 bits per heavy atom. The Bertz CT molecular complexity index is 409. The number of nitrogens with zero attached hydrogens (tertiary/aromatic N) is 1. The van der Waals surface area contributed by atoms with Crippen LogP contribution < -0.4 is 10.5 Å². The molecule has 1 saturated heterocycles. The lowest BCUT2D eigenvalue weighted by Gasteiger charge is -2.36. The van der Waals surface area contributed by atoms with Gasteiger partial charge in [0.05, 0.1) is 0 Å². The number of nitrogens with two attached hydrogens (primary N) is 1. The van der Waals surface area contributed by atoms with Gasteiger partial charge in [0.1, 0.15) is 5.75 Å². The summed E-state index contributed by atoms with van der Waals surface area (Å²) >= 11 is 0. The Morgan fingerprint density at radius 2 is 1.81 bits per heavy atom. The summed E-state index contributed by atoms with van der Waals surface area (Å²) in [5.74, 6) is 0.845. The van der Waals surface area contributed by atoms with Crippen molar-refractivity contribution in [2.75, 3.05) is 19.6 Å². The fourth-order valence-corrected chi connectivity index (χ4v) is 2.71. The van der Waals surface area contributed by atoms with Crippen molar-refractivity contribution >= 4 is 12.4 Å². The number of halogens is 3. The minimum atomic E-state index is -2.77. The number of rotatable bonds is 5. The molecule has 0 spiro atoms. The van der Waals surface area contributed by atoms with E-state index >= 15 is 0 Å². The van der Waals surface area contributed by atoms with Crippen LogP contribution in [0, 0.1) is 5.92 Å². The highest BCUT2D eigenvalue weighted by atomic mass is 35.5. The van der Waals surface area contributed by atoms with Gasteiger partial charge in [0.15, 0.2) is 0 Å². The molecule has 1 aliphatic heterocycles. The van der Waals surface area contributed by atoms with Crippen molar-refractivity contribution in [1.82, 2.24) is 4.90 Å². The fraction of sp³-hybridized carbons (Fsp3) is 0.600. The van der Waals surface area contributed by atoms with E-state index in [1.54, 1.807) is 12.1 Å². The van der Waals surface area contributed by atoms with E-state index in [0.717, 1.165) is 38.0 Å². The maximum Gasteiger partial charge on any atom is 0.387 e. The predicted octanol–water partition coefficient (Wildman–Crippen LogP) is 3.44. The van der Waals surface area contributed by atoms with Crippen LogP contribution in [0.2, 0.25) is 0 Å². The second-order valence-electron chi connectivity index (χ2n) is 5.34. The Kier molecular flexibility index (Phi) is 7.35. The van der Waals surface area contributed by atoms with Crippen molar-refractivity contribution in [2.24, 2.45) is 11.7 Å². The average Bonchev–Trinajstić information content (AvgIpc) is 2.47. The van der Waals surface area contributed by atoms with Gasteiger partial charge in [-0.1, -0.05) is 12.1 Å². The van der Waals surface area contributed by atoms with Crippen LogP contribution in [0.25, 0.3) is 0 Å². The maximum atomic E-state index is 12.1. The summed E-state index contributed by atoms with van der Waals surface area (Å²) in [5, 5.41) is 0. The third-order valence-electron chi connectivity index (χ3n) is 4.12. The molecule has 3 nitrogen and oxygen atoms in total. The van der Waals surface area contributed by atoms with E-state index in [1.807, 2.05) is 12.1 Å². The van der Waals surface area contributed by atoms with Gasteiger partial charge in [-0.05, 0) is 63.0 Å². The summed E-state index contributed by atoms with van der Waals surface area (Å²) in [6, 6.07) is 7.21. The first-order valence-corrected chi connectivity index (χ1v) is 7.09. The highest BCUT2D eigenvalue weighted by Crippen LogP contribution is 2.27. The largest absolute Gasteiger partial charge is 0.435 e. The molecular weight excluding hydrogens is 298 g/mol. The summed E-state index contributed by atoms with van der Waals surface area (Å²) in [7, 11) is 0. The highest BCUT2D eigenvalue weighted by molar-refractivity contribution is 5.85. The molecule has 0 bridgehead atoms. The lowest BCUT2D eigenvalue weighted by atomic mass is 9.95. The molecule has 0 aromatic heterocycles. The van der Waals surface area contributed by atoms with Crippen LogP contribution in [0.15, 0.2) is 24.3 Å². The van der Waals surface area contributed by atoms with E-state index in [4.69, 9.17) is 5.73 Å². The van der Waals surface area contributed by atoms with Crippen LogP contribution >= 0.6 is 12.4 Å². The van der Waals surface area contributed by atoms with Gasteiger partial charge < -0.3 is 10.5 Å². The molecule has 1 fully saturated rings. The normalized spacial score (nSPS) is 18.3. The Labute approximate surface area is 130 Å². The average molecular weight is 321 g/mol. The van der Waals surface area contributed by atoms with Crippen LogP contribution in [-0.2, 0) is 0 Å². The third-order valence-corrected chi connectivity index (χ3v) is 4.12. The molecule has 1 aromatic rings. The van der Waals surface area contributed by atoms with E-state index in [2.05, 4.69) is 16.6 Å². The second-order valence-corrected chi connectivity index (χ2v) is 5.34. The summed E-state index contributed by atoms with van der Waals surface area (Å²) in [5.41, 5.74) is 6.82. The first kappa shape index (κ1) is 18.1. The lowest BCUT2D eigenvalue weighted by molar-refractivity contribution is -0.0498. The van der Waals surface area contributed by atoms with Crippen LogP contribution in [0.1, 0.15) is 31.4 Å². The molecule has 1 unspecified atom stereocenters. The van der Waals surface area contributed by atoms with E-state index < -0.39 is 6.61 Å². The summed E-state index contributed by atoms with van der Waals surface area (Å²) in [6.45, 7) is 2.22. The number of hydrogen-bond acceptors (Lipinski definition) is 3. The molecule has 0 radical (unpaired) electrons. The quantitative estimate of drug-likeness (QED) is 0.903. The first-order valence-electron chi connectivity index (χ1n) is 7.09. The minimum Gasteiger partial charge on any atom is -0.435 e. The van der Waals surface area contributed by atoms with Gasteiger partial charge in [-0.3, -0.25) is 4.90 Å². The standard InChI is InChI=1S/C15H22F2N2O.ClH/c1-11(19-8-6-12(10-18)7-9-19)13-2-4-14(5-3-13)20-15(16)17;/h2-5,11-12,15H,6-10,18H2,1H3;1H. The molecule has 0 saturated carbocycles. The highest BCUT2D eigenvalue weighted by Gasteiger charge is 2.22. The van der Waals surface area contributed by atoms with Gasteiger partial charge in [0, 0.05) is 6.04 Å². The van der Waals surface area contributed by atoms with Crippen LogP contribution in [0.4, 0.5) is 8.78 Å². The van der Waals surface area contributed by atoms with E-state index in [1.165, 1.54) is 0 Å². The summed E-state index contributed by atoms with van der Waals surface area (Å²) in [4.78, 5) is 2.41. The monoisotopic (exact) mass is 320 g/mol. The molecule has 0 amide bonds. The molecule has 120 valence electrons. The lowest BCUT2D eigenvalue weighted by Crippen LogP contribution is -2.37. The maximum absolute atomic E-state index is 12.1. The van der Waals surface area contributed by atoms with Crippen molar-refractivity contribution in [3.05, 3.63) is 29.8 Å². The molecule has 2 rings (SSSR count). The number of alkyl halides is 2. The first-order chi connectivity index (χ1) is 9.60. The molecule has 0 aliphatic carbocycles. The van der Waals surface area contributed by atoms with Gasteiger partial charge in [-0.25, -0.2) is 0 Å². The zero-order valence-corrected chi connectivity index (χ0v) is 13.0. The van der Waals surface area contributed by atoms with Crippen LogP contribution in [-0.4, -0.2) is 31.1 Å². The van der Waals surface area contributed by atoms with Crippen LogP contribution in [0.5, 0.6) is 5.75 Å². The predicted molar refractivity (Wildman–Crippen MR) is 82.1 cm³/mol. The van der Waals surface area contributed by atoms with Gasteiger partial charge >= 0.3 is 6.61 Å². The minimum absolute atomic E-state index is 0. The van der Waals surface area contributed by atoms with Gasteiger partial charge in [-0.2, -0.15) is 8.78 Å². The molecule has 1 aliphatic rings. The number of benzene rings is 1. The molecule has 1 heterocycles. The van der Waals surface area contributed by atoms with Crippen molar-refractivity contribution in [3.63, 3.8) is 0 Å². The molecule has 1 atom stereocenters. The van der Waals surface area contributed by atoms with Gasteiger partial charge in [-0.15, -0.1) is 12.4 Å². The molecule has 1 aromatic carbocycles. The topological polar surface area (TPSA) is 38.5 Å². The van der Waals surface area contributed by atoms with Crippen molar-refractivity contribution in [3.8, 4) is 5.75 Å². The number of ether oxygens (including phenoxy) is 1. The van der Waals surface area contributed by atoms with Gasteiger partial charge in [0.25, 0.3) is 0 Å². The van der Waals surface area contributed by atoms with E-state index in [0.29, 0.717) is 5.92 Å². The SMILES string of the molecule is CC(c1ccc(OC(F)F)cc1)N1CCC(CN)CC1.Cl. The zero-order chi connectivity index (χ0) is 14.5. The smallest absolute Gasteiger partial charge is 0.387 e. The van der Waals surface area contributed by atoms with E-state index in [-0.39, 0.29) is 24.2 Å². The molecular formula is C15H23ClF2N2O. The third kappa shape index (κ3) is 5.09. The van der Waals surface area contributed by atoms with Crippen molar-refractivity contribution in [1.29, 1.82) is 0 Å². The van der Waals surface area contributed by atoms with Crippen molar-refractivity contribution < 1.29 is 13.5 Å². The Morgan fingerprint density at radius 3 is 2.29 bits per heavy atom. The van der Waals surface area contributed by atoms with Crippen LogP contribution in [0.3, 0.4) is 0 Å². The molecule has 6 heteroatoms. The number of piperidine rings is 1. The summed E-state index contributed by atoms with van der Waals surface area (Å²) in [6.07, 6.45) is 2.26.